The summed E-state index contributed by atoms with van der Waals surface area (Å²) in [5, 5.41) is 14.8. The van der Waals surface area contributed by atoms with Crippen molar-refractivity contribution in [1.82, 2.24) is 0 Å². The van der Waals surface area contributed by atoms with Crippen molar-refractivity contribution in [2.45, 2.75) is 12.6 Å². The molecule has 1 aromatic carbocycles. The summed E-state index contributed by atoms with van der Waals surface area (Å²) in [5.41, 5.74) is -2.56. The zero-order valence-corrected chi connectivity index (χ0v) is 13.7. The number of rotatable bonds is 6. The van der Waals surface area contributed by atoms with E-state index in [9.17, 15) is 32.9 Å². The fraction of sp³-hybridized carbons (Fsp3) is 0.200. The van der Waals surface area contributed by atoms with Crippen LogP contribution < -0.4 is 5.32 Å². The number of nitrogens with zero attached hydrogens (tertiary/aromatic N) is 1. The highest BCUT2D eigenvalue weighted by Gasteiger charge is 2.33. The van der Waals surface area contributed by atoms with E-state index in [1.165, 1.54) is 11.3 Å². The standard InChI is InChI=1S/C15H11F3N2O5S/c16-15(17,18)9-3-4-11(12(6-9)20(23)24)19-13(21)8-25-14(22)7-10-2-1-5-26-10/h1-6H,7-8H2,(H,19,21). The first-order chi connectivity index (χ1) is 12.2. The van der Waals surface area contributed by atoms with E-state index >= 15 is 0 Å². The molecule has 0 bridgehead atoms. The Morgan fingerprint density at radius 1 is 1.27 bits per heavy atom. The first-order valence-electron chi connectivity index (χ1n) is 7.00. The van der Waals surface area contributed by atoms with Crippen LogP contribution in [0.1, 0.15) is 10.4 Å². The fourth-order valence-corrected chi connectivity index (χ4v) is 2.59. The predicted molar refractivity (Wildman–Crippen MR) is 85.7 cm³/mol. The fourth-order valence-electron chi connectivity index (χ4n) is 1.90. The summed E-state index contributed by atoms with van der Waals surface area (Å²) < 4.78 is 42.6. The van der Waals surface area contributed by atoms with E-state index < -0.39 is 46.5 Å². The highest BCUT2D eigenvalue weighted by Crippen LogP contribution is 2.34. The highest BCUT2D eigenvalue weighted by atomic mass is 32.1. The Bertz CT molecular complexity index is 821. The summed E-state index contributed by atoms with van der Waals surface area (Å²) in [5.74, 6) is -1.59. The number of thiophene rings is 1. The molecule has 26 heavy (non-hydrogen) atoms. The second-order valence-corrected chi connectivity index (χ2v) is 5.98. The second-order valence-electron chi connectivity index (χ2n) is 4.95. The lowest BCUT2D eigenvalue weighted by Gasteiger charge is -2.10. The summed E-state index contributed by atoms with van der Waals surface area (Å²) >= 11 is 1.33. The third kappa shape index (κ3) is 5.28. The number of nitro benzene ring substituents is 1. The van der Waals surface area contributed by atoms with Gasteiger partial charge in [-0.2, -0.15) is 13.2 Å². The van der Waals surface area contributed by atoms with Gasteiger partial charge in [0, 0.05) is 10.9 Å². The van der Waals surface area contributed by atoms with E-state index in [0.717, 1.165) is 10.9 Å². The van der Waals surface area contributed by atoms with E-state index in [1.54, 1.807) is 17.5 Å². The summed E-state index contributed by atoms with van der Waals surface area (Å²) in [6, 6.07) is 5.14. The van der Waals surface area contributed by atoms with E-state index in [-0.39, 0.29) is 6.42 Å². The van der Waals surface area contributed by atoms with Crippen LogP contribution >= 0.6 is 11.3 Å². The Morgan fingerprint density at radius 3 is 2.58 bits per heavy atom. The molecule has 2 aromatic rings. The summed E-state index contributed by atoms with van der Waals surface area (Å²) in [6.45, 7) is -0.720. The van der Waals surface area contributed by atoms with Crippen molar-refractivity contribution in [3.63, 3.8) is 0 Å². The number of halogens is 3. The van der Waals surface area contributed by atoms with Gasteiger partial charge in [0.1, 0.15) is 5.69 Å². The van der Waals surface area contributed by atoms with Gasteiger partial charge in [-0.25, -0.2) is 0 Å². The molecule has 0 unspecified atom stereocenters. The number of esters is 1. The van der Waals surface area contributed by atoms with Crippen molar-refractivity contribution in [3.8, 4) is 0 Å². The lowest BCUT2D eigenvalue weighted by molar-refractivity contribution is -0.384. The lowest BCUT2D eigenvalue weighted by Crippen LogP contribution is -2.22. The van der Waals surface area contributed by atoms with Gasteiger partial charge in [-0.3, -0.25) is 19.7 Å². The molecule has 0 aliphatic carbocycles. The van der Waals surface area contributed by atoms with E-state index in [4.69, 9.17) is 4.74 Å². The summed E-state index contributed by atoms with van der Waals surface area (Å²) in [7, 11) is 0. The van der Waals surface area contributed by atoms with Crippen molar-refractivity contribution < 1.29 is 32.4 Å². The zero-order chi connectivity index (χ0) is 19.3. The van der Waals surface area contributed by atoms with Crippen molar-refractivity contribution >= 4 is 34.6 Å². The molecule has 1 heterocycles. The Labute approximate surface area is 148 Å². The van der Waals surface area contributed by atoms with Gasteiger partial charge in [0.05, 0.1) is 16.9 Å². The first kappa shape index (κ1) is 19.4. The quantitative estimate of drug-likeness (QED) is 0.465. The largest absolute Gasteiger partial charge is 0.455 e. The smallest absolute Gasteiger partial charge is 0.416 e. The third-order valence-electron chi connectivity index (χ3n) is 3.06. The average molecular weight is 388 g/mol. The van der Waals surface area contributed by atoms with Crippen LogP contribution in [0.5, 0.6) is 0 Å². The van der Waals surface area contributed by atoms with Crippen molar-refractivity contribution in [1.29, 1.82) is 0 Å². The maximum atomic E-state index is 12.6. The SMILES string of the molecule is O=C(COC(=O)Cc1cccs1)Nc1ccc(C(F)(F)F)cc1[N+](=O)[O-]. The normalized spacial score (nSPS) is 11.0. The van der Waals surface area contributed by atoms with E-state index in [1.807, 2.05) is 0 Å². The molecular weight excluding hydrogens is 377 g/mol. The summed E-state index contributed by atoms with van der Waals surface area (Å²) in [4.78, 5) is 33.9. The molecule has 1 N–H and O–H groups in total. The molecule has 1 amide bonds. The van der Waals surface area contributed by atoms with Crippen LogP contribution in [0.2, 0.25) is 0 Å². The Morgan fingerprint density at radius 2 is 2.00 bits per heavy atom. The van der Waals surface area contributed by atoms with Gasteiger partial charge >= 0.3 is 12.1 Å². The van der Waals surface area contributed by atoms with Gasteiger partial charge in [0.2, 0.25) is 0 Å². The van der Waals surface area contributed by atoms with E-state index in [2.05, 4.69) is 5.32 Å². The number of amides is 1. The number of nitro groups is 1. The Hall–Kier alpha value is -2.95. The van der Waals surface area contributed by atoms with Gasteiger partial charge < -0.3 is 10.1 Å². The van der Waals surface area contributed by atoms with Gasteiger partial charge in [-0.1, -0.05) is 6.07 Å². The van der Waals surface area contributed by atoms with E-state index in [0.29, 0.717) is 12.1 Å². The number of hydrogen-bond acceptors (Lipinski definition) is 6. The minimum atomic E-state index is -4.76. The molecule has 0 spiro atoms. The number of ether oxygens (including phenoxy) is 1. The molecule has 0 aliphatic rings. The van der Waals surface area contributed by atoms with Crippen LogP contribution in [0.3, 0.4) is 0 Å². The molecule has 7 nitrogen and oxygen atoms in total. The van der Waals surface area contributed by atoms with Crippen molar-refractivity contribution in [3.05, 3.63) is 56.3 Å². The predicted octanol–water partition coefficient (Wildman–Crippen LogP) is 3.40. The molecule has 138 valence electrons. The Balaban J connectivity index is 1.99. The molecule has 0 radical (unpaired) electrons. The molecule has 0 saturated carbocycles. The first-order valence-corrected chi connectivity index (χ1v) is 7.88. The number of alkyl halides is 3. The number of anilines is 1. The third-order valence-corrected chi connectivity index (χ3v) is 3.94. The van der Waals surface area contributed by atoms with Gasteiger partial charge in [-0.05, 0) is 23.6 Å². The molecule has 1 aromatic heterocycles. The van der Waals surface area contributed by atoms with Crippen LogP contribution in [-0.4, -0.2) is 23.4 Å². The minimum absolute atomic E-state index is 0.0363. The molecule has 0 saturated heterocycles. The van der Waals surface area contributed by atoms with Crippen LogP contribution in [-0.2, 0) is 26.9 Å². The number of benzene rings is 1. The maximum Gasteiger partial charge on any atom is 0.416 e. The van der Waals surface area contributed by atoms with Gasteiger partial charge in [0.15, 0.2) is 6.61 Å². The van der Waals surface area contributed by atoms with Crippen molar-refractivity contribution in [2.24, 2.45) is 0 Å². The molecule has 0 atom stereocenters. The average Bonchev–Trinajstić information content (AvgIpc) is 3.05. The molecule has 2 rings (SSSR count). The number of carbonyl (C=O) groups excluding carboxylic acids is 2. The Kier molecular flexibility index (Phi) is 5.93. The number of carbonyl (C=O) groups is 2. The molecular formula is C15H11F3N2O5S. The maximum absolute atomic E-state index is 12.6. The molecule has 0 fully saturated rings. The second kappa shape index (κ2) is 7.95. The number of nitrogens with one attached hydrogen (secondary N) is 1. The van der Waals surface area contributed by atoms with Crippen LogP contribution in [0.25, 0.3) is 0 Å². The van der Waals surface area contributed by atoms with Crippen LogP contribution in [0.4, 0.5) is 24.5 Å². The zero-order valence-electron chi connectivity index (χ0n) is 12.9. The number of hydrogen-bond donors (Lipinski definition) is 1. The topological polar surface area (TPSA) is 98.5 Å². The monoisotopic (exact) mass is 388 g/mol. The van der Waals surface area contributed by atoms with Crippen molar-refractivity contribution in [2.75, 3.05) is 11.9 Å². The van der Waals surface area contributed by atoms with Gasteiger partial charge in [0.25, 0.3) is 11.6 Å². The molecule has 11 heteroatoms. The minimum Gasteiger partial charge on any atom is -0.455 e. The summed E-state index contributed by atoms with van der Waals surface area (Å²) in [6.07, 6.45) is -4.80. The van der Waals surface area contributed by atoms with Crippen LogP contribution in [0, 0.1) is 10.1 Å². The molecule has 0 aliphatic heterocycles. The highest BCUT2D eigenvalue weighted by molar-refractivity contribution is 7.10. The van der Waals surface area contributed by atoms with Crippen LogP contribution in [0.15, 0.2) is 35.7 Å². The van der Waals surface area contributed by atoms with Gasteiger partial charge in [-0.15, -0.1) is 11.3 Å². The lowest BCUT2D eigenvalue weighted by atomic mass is 10.1.